The molecule has 0 aliphatic carbocycles. The molecule has 0 aromatic rings. The Hall–Kier alpha value is -2.23. The molecule has 86 valence electrons. The second-order valence-electron chi connectivity index (χ2n) is 2.99. The van der Waals surface area contributed by atoms with Crippen molar-refractivity contribution in [3.63, 3.8) is 0 Å². The van der Waals surface area contributed by atoms with Crippen molar-refractivity contribution in [2.24, 2.45) is 0 Å². The van der Waals surface area contributed by atoms with Gasteiger partial charge in [-0.15, -0.1) is 0 Å². The van der Waals surface area contributed by atoms with E-state index in [0.29, 0.717) is 13.1 Å². The third-order valence-electron chi connectivity index (χ3n) is 1.88. The van der Waals surface area contributed by atoms with Gasteiger partial charge in [0, 0.05) is 26.2 Å². The summed E-state index contributed by atoms with van der Waals surface area (Å²) in [4.78, 5) is 30.2. The van der Waals surface area contributed by atoms with Crippen LogP contribution in [0.5, 0.6) is 0 Å². The topological polar surface area (TPSA) is 99.3 Å². The number of urea groups is 1. The quantitative estimate of drug-likeness (QED) is 0.354. The first-order valence-electron chi connectivity index (χ1n) is 4.78. The van der Waals surface area contributed by atoms with Crippen molar-refractivity contribution in [1.82, 2.24) is 21.3 Å². The van der Waals surface area contributed by atoms with Gasteiger partial charge >= 0.3 is 6.03 Å². The predicted molar refractivity (Wildman–Crippen MR) is 55.8 cm³/mol. The molecular weight excluding hydrogens is 212 g/mol. The first-order valence-corrected chi connectivity index (χ1v) is 4.78. The molecule has 0 bridgehead atoms. The van der Waals surface area contributed by atoms with E-state index < -0.39 is 0 Å². The summed E-state index contributed by atoms with van der Waals surface area (Å²) in [6, 6.07) is -0.0463. The Morgan fingerprint density at radius 2 is 1.12 bits per heavy atom. The van der Waals surface area contributed by atoms with Crippen molar-refractivity contribution < 1.29 is 14.4 Å². The van der Waals surface area contributed by atoms with Crippen LogP contribution in [0.1, 0.15) is 0 Å². The fourth-order valence-electron chi connectivity index (χ4n) is 1.14. The summed E-state index contributed by atoms with van der Waals surface area (Å²) in [5.41, 5.74) is 0.336. The van der Waals surface area contributed by atoms with Crippen LogP contribution in [0.4, 0.5) is 4.79 Å². The lowest BCUT2D eigenvalue weighted by Crippen LogP contribution is -2.37. The normalized spacial score (nSPS) is 17.6. The van der Waals surface area contributed by atoms with Gasteiger partial charge < -0.3 is 21.3 Å². The van der Waals surface area contributed by atoms with Crippen molar-refractivity contribution in [2.75, 3.05) is 26.2 Å². The Labute approximate surface area is 92.0 Å². The highest BCUT2D eigenvalue weighted by atomic mass is 16.2. The number of rotatable bonds is 0. The van der Waals surface area contributed by atoms with E-state index in [0.717, 1.165) is 13.1 Å². The third-order valence-corrected chi connectivity index (χ3v) is 1.88. The minimum atomic E-state index is -0.0463. The Morgan fingerprint density at radius 1 is 0.750 bits per heavy atom. The molecule has 4 N–H and O–H groups in total. The van der Waals surface area contributed by atoms with Crippen LogP contribution < -0.4 is 21.3 Å². The lowest BCUT2D eigenvalue weighted by molar-refractivity contribution is 0.248. The fourth-order valence-corrected chi connectivity index (χ4v) is 1.14. The van der Waals surface area contributed by atoms with Gasteiger partial charge in [0.1, 0.15) is 0 Å². The van der Waals surface area contributed by atoms with Crippen molar-refractivity contribution >= 4 is 17.9 Å². The largest absolute Gasteiger partial charge is 0.372 e. The maximum Gasteiger partial charge on any atom is 0.314 e. The van der Waals surface area contributed by atoms with Gasteiger partial charge in [-0.3, -0.25) is 0 Å². The molecule has 2 fully saturated rings. The summed E-state index contributed by atoms with van der Waals surface area (Å²) in [7, 11) is 0. The zero-order valence-electron chi connectivity index (χ0n) is 8.55. The number of nitrogens with one attached hydrogen (secondary N) is 4. The summed E-state index contributed by atoms with van der Waals surface area (Å²) in [5.74, 6) is 3.20. The minimum Gasteiger partial charge on any atom is -0.372 e. The molecule has 7 heteroatoms. The molecule has 0 spiro atoms. The van der Waals surface area contributed by atoms with Gasteiger partial charge in [0.2, 0.25) is 0 Å². The second-order valence-corrected chi connectivity index (χ2v) is 2.99. The van der Waals surface area contributed by atoms with Crippen molar-refractivity contribution in [3.05, 3.63) is 11.4 Å². The van der Waals surface area contributed by atoms with E-state index in [-0.39, 0.29) is 17.4 Å². The Balaban J connectivity index is 0.000000181. The number of piperazine rings is 1. The van der Waals surface area contributed by atoms with E-state index in [9.17, 15) is 14.4 Å². The van der Waals surface area contributed by atoms with Crippen LogP contribution in [0.3, 0.4) is 0 Å². The number of carbonyl (C=O) groups excluding carboxylic acids is 3. The van der Waals surface area contributed by atoms with E-state index in [1.165, 1.54) is 0 Å². The van der Waals surface area contributed by atoms with Gasteiger partial charge in [-0.05, 0) is 0 Å². The van der Waals surface area contributed by atoms with Crippen LogP contribution >= 0.6 is 0 Å². The molecule has 7 nitrogen and oxygen atoms in total. The summed E-state index contributed by atoms with van der Waals surface area (Å²) in [6.07, 6.45) is 0. The molecule has 0 saturated carbocycles. The highest BCUT2D eigenvalue weighted by Crippen LogP contribution is 1.96. The van der Waals surface area contributed by atoms with Crippen molar-refractivity contribution in [2.45, 2.75) is 0 Å². The smallest absolute Gasteiger partial charge is 0.314 e. The molecule has 2 saturated heterocycles. The molecule has 16 heavy (non-hydrogen) atoms. The van der Waals surface area contributed by atoms with Gasteiger partial charge in [-0.2, -0.15) is 0 Å². The molecule has 2 aliphatic heterocycles. The molecule has 0 unspecified atom stereocenters. The maximum atomic E-state index is 10.1. The van der Waals surface area contributed by atoms with Gasteiger partial charge in [0.15, 0.2) is 23.3 Å². The molecule has 0 aromatic heterocycles. The number of amides is 2. The van der Waals surface area contributed by atoms with Gasteiger partial charge in [-0.1, -0.05) is 0 Å². The Bertz CT molecular complexity index is 333. The predicted octanol–water partition coefficient (Wildman–Crippen LogP) is -2.09. The highest BCUT2D eigenvalue weighted by molar-refractivity contribution is 5.75. The molecule has 0 radical (unpaired) electrons. The first kappa shape index (κ1) is 11.8. The Morgan fingerprint density at radius 3 is 1.38 bits per heavy atom. The zero-order chi connectivity index (χ0) is 11.8. The highest BCUT2D eigenvalue weighted by Gasteiger charge is 2.10. The van der Waals surface area contributed by atoms with Gasteiger partial charge in [0.05, 0.1) is 0 Å². The number of carbonyl (C=O) groups is 1. The molecule has 2 heterocycles. The number of hydrogen-bond acceptors (Lipinski definition) is 5. The van der Waals surface area contributed by atoms with E-state index >= 15 is 0 Å². The maximum absolute atomic E-state index is 10.1. The first-order chi connectivity index (χ1) is 7.77. The molecule has 0 atom stereocenters. The monoisotopic (exact) mass is 224 g/mol. The van der Waals surface area contributed by atoms with E-state index in [1.807, 2.05) is 0 Å². The fraction of sp³-hybridized carbons (Fsp3) is 0.444. The van der Waals surface area contributed by atoms with Crippen molar-refractivity contribution in [1.29, 1.82) is 0 Å². The molecule has 2 aliphatic rings. The van der Waals surface area contributed by atoms with E-state index in [2.05, 4.69) is 21.3 Å². The molecule has 2 rings (SSSR count). The Kier molecular flexibility index (Phi) is 4.66. The summed E-state index contributed by atoms with van der Waals surface area (Å²) >= 11 is 0. The summed E-state index contributed by atoms with van der Waals surface area (Å²) < 4.78 is 0. The standard InChI is InChI=1S/C6H6N2O2.C3H6N2O/c9-3-5-6(4-10)8-2-1-7-5;6-3-4-1-2-5-3/h7-8H,1-2H2;1-2H2,(H2,4,5,6). The van der Waals surface area contributed by atoms with Crippen LogP contribution in [-0.4, -0.2) is 44.1 Å². The van der Waals surface area contributed by atoms with Crippen LogP contribution in [0, 0.1) is 0 Å². The SMILES string of the molecule is O=C1NCCN1.O=C=C1NCCNC1=C=O. The third kappa shape index (κ3) is 3.49. The van der Waals surface area contributed by atoms with Gasteiger partial charge in [0.25, 0.3) is 0 Å². The average molecular weight is 224 g/mol. The molecular formula is C9H12N4O3. The number of hydrogen-bond donors (Lipinski definition) is 4. The zero-order valence-corrected chi connectivity index (χ0v) is 8.55. The van der Waals surface area contributed by atoms with Crippen LogP contribution in [-0.2, 0) is 9.59 Å². The van der Waals surface area contributed by atoms with Crippen LogP contribution in [0.25, 0.3) is 0 Å². The lowest BCUT2D eigenvalue weighted by Gasteiger charge is -2.15. The van der Waals surface area contributed by atoms with Crippen LogP contribution in [0.15, 0.2) is 11.4 Å². The lowest BCUT2D eigenvalue weighted by atomic mass is 10.3. The summed E-state index contributed by atoms with van der Waals surface area (Å²) in [6.45, 7) is 2.82. The summed E-state index contributed by atoms with van der Waals surface area (Å²) in [5, 5.41) is 10.5. The second kappa shape index (κ2) is 6.29. The average Bonchev–Trinajstić information content (AvgIpc) is 2.81. The van der Waals surface area contributed by atoms with Crippen molar-refractivity contribution in [3.8, 4) is 0 Å². The van der Waals surface area contributed by atoms with Crippen LogP contribution in [0.2, 0.25) is 0 Å². The minimum absolute atomic E-state index is 0.0463. The van der Waals surface area contributed by atoms with E-state index in [1.54, 1.807) is 11.9 Å². The molecule has 0 aromatic carbocycles. The van der Waals surface area contributed by atoms with Gasteiger partial charge in [-0.25, -0.2) is 14.4 Å². The van der Waals surface area contributed by atoms with E-state index in [4.69, 9.17) is 0 Å². The molecule has 2 amide bonds.